The summed E-state index contributed by atoms with van der Waals surface area (Å²) in [6.07, 6.45) is -1.13. The second-order valence-corrected chi connectivity index (χ2v) is 14.7. The monoisotopic (exact) mass is 739 g/mol. The van der Waals surface area contributed by atoms with Gasteiger partial charge in [0.1, 0.15) is 17.1 Å². The third-order valence-electron chi connectivity index (χ3n) is 7.67. The van der Waals surface area contributed by atoms with Crippen molar-refractivity contribution in [2.45, 2.75) is 61.9 Å². The first kappa shape index (κ1) is 37.6. The lowest BCUT2D eigenvalue weighted by molar-refractivity contribution is -0.154. The molecular formula is C34H37N5O10S2. The molecule has 1 aromatic heterocycles. The van der Waals surface area contributed by atoms with Crippen LogP contribution in [0.3, 0.4) is 0 Å². The number of β-lactam (4-membered cyclic amide) rings is 1. The van der Waals surface area contributed by atoms with Crippen LogP contribution in [0, 0.1) is 0 Å². The lowest BCUT2D eigenvalue weighted by Crippen LogP contribution is -2.74. The number of fused-ring (bicyclic) bond motifs is 1. The van der Waals surface area contributed by atoms with Crippen LogP contribution in [0.25, 0.3) is 0 Å². The average molecular weight is 740 g/mol. The van der Waals surface area contributed by atoms with Crippen molar-refractivity contribution in [1.82, 2.24) is 25.0 Å². The Labute approximate surface area is 300 Å². The van der Waals surface area contributed by atoms with Crippen LogP contribution in [-0.4, -0.2) is 85.5 Å². The van der Waals surface area contributed by atoms with E-state index in [4.69, 9.17) is 18.9 Å². The molecule has 3 atom stereocenters. The van der Waals surface area contributed by atoms with Crippen molar-refractivity contribution < 1.29 is 37.9 Å². The lowest BCUT2D eigenvalue weighted by atomic mass is 10.0. The fraction of sp³-hybridized carbons (Fsp3) is 0.353. The van der Waals surface area contributed by atoms with Crippen molar-refractivity contribution in [2.24, 2.45) is 0 Å². The largest absolute Gasteiger partial charge is 0.614 e. The second kappa shape index (κ2) is 16.1. The molecule has 3 aromatic rings. The molecule has 15 nitrogen and oxygen atoms in total. The van der Waals surface area contributed by atoms with E-state index >= 15 is 0 Å². The predicted octanol–water partition coefficient (Wildman–Crippen LogP) is 2.57. The van der Waals surface area contributed by atoms with Crippen LogP contribution in [0.15, 0.2) is 98.2 Å². The molecule has 2 aliphatic heterocycles. The van der Waals surface area contributed by atoms with E-state index in [0.29, 0.717) is 11.1 Å². The van der Waals surface area contributed by atoms with E-state index in [1.165, 1.54) is 25.7 Å². The van der Waals surface area contributed by atoms with Crippen LogP contribution in [0.2, 0.25) is 0 Å². The number of thioether (sulfide) groups is 1. The first-order valence-electron chi connectivity index (χ1n) is 15.6. The van der Waals surface area contributed by atoms with Gasteiger partial charge in [-0.25, -0.2) is 14.7 Å². The molecule has 2 aromatic carbocycles. The van der Waals surface area contributed by atoms with E-state index < -0.39 is 69.7 Å². The molecule has 0 spiro atoms. The highest BCUT2D eigenvalue weighted by Gasteiger charge is 2.61. The molecule has 1 saturated heterocycles. The van der Waals surface area contributed by atoms with E-state index in [0.717, 1.165) is 21.2 Å². The quantitative estimate of drug-likeness (QED) is 0.0690. The number of alkyl carbamates (subject to hydrolysis) is 1. The molecule has 2 aliphatic rings. The summed E-state index contributed by atoms with van der Waals surface area (Å²) in [5, 5.41) is 9.07. The fourth-order valence-electron chi connectivity index (χ4n) is 5.34. The first-order chi connectivity index (χ1) is 24.3. The molecule has 5 rings (SSSR count). The summed E-state index contributed by atoms with van der Waals surface area (Å²) in [7, 11) is 2.75. The smallest absolute Gasteiger partial charge is 0.408 e. The van der Waals surface area contributed by atoms with Crippen molar-refractivity contribution in [3.05, 3.63) is 115 Å². The standard InChI is InChI=1S/C34H37N5O10S2/c1-34(2,3)49-33(44)35-24-28(41)39-25(31(43)48-26(20-12-8-6-9-13-20)21-14-10-7-11-15-21)22(19-51(45)30(24)39)16-17-50-32-37-36-27(40)29(42)38(32)18-23(46-4)47-5/h6-17,23-24,26,30H,18-19H2,1-5H3,(H,35,44)(H,36,40)/b17-16+. The maximum Gasteiger partial charge on any atom is 0.408 e. The number of H-pyrrole nitrogens is 1. The number of amides is 2. The minimum absolute atomic E-state index is 0.0596. The van der Waals surface area contributed by atoms with Gasteiger partial charge in [0.2, 0.25) is 5.37 Å². The van der Waals surface area contributed by atoms with Crippen molar-refractivity contribution in [2.75, 3.05) is 20.0 Å². The number of benzene rings is 2. The second-order valence-electron chi connectivity index (χ2n) is 12.3. The summed E-state index contributed by atoms with van der Waals surface area (Å²) in [5.74, 6) is -1.74. The van der Waals surface area contributed by atoms with Gasteiger partial charge in [-0.05, 0) is 54.6 Å². The van der Waals surface area contributed by atoms with Crippen molar-refractivity contribution >= 4 is 40.9 Å². The van der Waals surface area contributed by atoms with Crippen LogP contribution in [0.1, 0.15) is 38.0 Å². The number of nitrogens with zero attached hydrogens (tertiary/aromatic N) is 3. The molecule has 2 N–H and O–H groups in total. The zero-order valence-corrected chi connectivity index (χ0v) is 30.0. The number of ether oxygens (including phenoxy) is 4. The summed E-state index contributed by atoms with van der Waals surface area (Å²) in [5.41, 5.74) is -1.32. The van der Waals surface area contributed by atoms with Gasteiger partial charge < -0.3 is 28.8 Å². The number of allylic oxidation sites excluding steroid dienone is 1. The normalized spacial score (nSPS) is 18.9. The number of aromatic nitrogens is 3. The number of aromatic amines is 1. The third kappa shape index (κ3) is 8.62. The van der Waals surface area contributed by atoms with E-state index in [1.807, 2.05) is 12.1 Å². The Bertz CT molecular complexity index is 1880. The highest BCUT2D eigenvalue weighted by Crippen LogP contribution is 2.39. The average Bonchev–Trinajstić information content (AvgIpc) is 3.10. The Morgan fingerprint density at radius 3 is 2.24 bits per heavy atom. The Kier molecular flexibility index (Phi) is 11.9. The SMILES string of the molecule is COC(Cn1c(S/C=C/C2=C(C(=O)OC(c3ccccc3)c3ccccc3)N3C(=O)C(NC(=O)OC(C)(C)C)C3[S+]([O-])C2)n[nH]c(=O)c1=O)OC. The number of hydrogen-bond acceptors (Lipinski definition) is 12. The third-order valence-corrected chi connectivity index (χ3v) is 10.1. The number of esters is 1. The molecule has 3 unspecified atom stereocenters. The maximum absolute atomic E-state index is 14.2. The van der Waals surface area contributed by atoms with Crippen LogP contribution in [-0.2, 0) is 46.3 Å². The summed E-state index contributed by atoms with van der Waals surface area (Å²) in [6.45, 7) is 4.84. The van der Waals surface area contributed by atoms with Gasteiger partial charge in [-0.15, -0.1) is 5.10 Å². The lowest BCUT2D eigenvalue weighted by Gasteiger charge is -2.49. The number of methoxy groups -OCH3 is 2. The predicted molar refractivity (Wildman–Crippen MR) is 187 cm³/mol. The van der Waals surface area contributed by atoms with Crippen LogP contribution < -0.4 is 16.4 Å². The number of rotatable bonds is 12. The summed E-state index contributed by atoms with van der Waals surface area (Å²) in [6, 6.07) is 16.9. The zero-order chi connectivity index (χ0) is 36.9. The molecule has 0 saturated carbocycles. The molecule has 0 bridgehead atoms. The van der Waals surface area contributed by atoms with E-state index in [9.17, 15) is 28.5 Å². The first-order valence-corrected chi connectivity index (χ1v) is 17.9. The molecule has 2 amide bonds. The molecule has 0 aliphatic carbocycles. The minimum atomic E-state index is -1.78. The molecule has 0 radical (unpaired) electrons. The molecule has 3 heterocycles. The van der Waals surface area contributed by atoms with Gasteiger partial charge in [0.15, 0.2) is 23.6 Å². The molecular weight excluding hydrogens is 703 g/mol. The van der Waals surface area contributed by atoms with E-state index in [1.54, 1.807) is 69.3 Å². The molecule has 17 heteroatoms. The van der Waals surface area contributed by atoms with Gasteiger partial charge in [-0.1, -0.05) is 72.4 Å². The summed E-state index contributed by atoms with van der Waals surface area (Å²) < 4.78 is 36.5. The Balaban J connectivity index is 1.51. The Hall–Kier alpha value is -4.68. The summed E-state index contributed by atoms with van der Waals surface area (Å²) in [4.78, 5) is 66.3. The van der Waals surface area contributed by atoms with Crippen molar-refractivity contribution in [3.8, 4) is 0 Å². The maximum atomic E-state index is 14.2. The van der Waals surface area contributed by atoms with Gasteiger partial charge in [-0.3, -0.25) is 23.9 Å². The molecule has 51 heavy (non-hydrogen) atoms. The van der Waals surface area contributed by atoms with Gasteiger partial charge in [0.25, 0.3) is 5.91 Å². The van der Waals surface area contributed by atoms with Crippen molar-refractivity contribution in [3.63, 3.8) is 0 Å². The van der Waals surface area contributed by atoms with Crippen LogP contribution in [0.5, 0.6) is 0 Å². The van der Waals surface area contributed by atoms with E-state index in [2.05, 4.69) is 15.5 Å². The fourth-order valence-corrected chi connectivity index (χ4v) is 7.72. The van der Waals surface area contributed by atoms with Gasteiger partial charge in [0.05, 0.1) is 6.54 Å². The van der Waals surface area contributed by atoms with Crippen molar-refractivity contribution in [1.29, 1.82) is 0 Å². The number of carbonyl (C=O) groups excluding carboxylic acids is 3. The number of hydrogen-bond donors (Lipinski definition) is 2. The molecule has 270 valence electrons. The van der Waals surface area contributed by atoms with Gasteiger partial charge >= 0.3 is 23.2 Å². The molecule has 1 fully saturated rings. The van der Waals surface area contributed by atoms with Crippen LogP contribution in [0.4, 0.5) is 4.79 Å². The number of carbonyl (C=O) groups is 3. The minimum Gasteiger partial charge on any atom is -0.614 e. The van der Waals surface area contributed by atoms with E-state index in [-0.39, 0.29) is 28.7 Å². The van der Waals surface area contributed by atoms with Gasteiger partial charge in [0, 0.05) is 19.8 Å². The zero-order valence-electron chi connectivity index (χ0n) is 28.4. The van der Waals surface area contributed by atoms with Gasteiger partial charge in [-0.2, -0.15) is 0 Å². The Morgan fingerprint density at radius 1 is 1.06 bits per heavy atom. The Morgan fingerprint density at radius 2 is 1.67 bits per heavy atom. The highest BCUT2D eigenvalue weighted by atomic mass is 32.2. The number of nitrogens with one attached hydrogen (secondary N) is 2. The topological polar surface area (TPSA) is 194 Å². The van der Waals surface area contributed by atoms with Crippen LogP contribution >= 0.6 is 11.8 Å². The highest BCUT2D eigenvalue weighted by molar-refractivity contribution is 8.02. The summed E-state index contributed by atoms with van der Waals surface area (Å²) >= 11 is -0.871.